The first-order valence-corrected chi connectivity index (χ1v) is 6.33. The number of halogens is 1. The van der Waals surface area contributed by atoms with Gasteiger partial charge in [0.25, 0.3) is 0 Å². The normalized spacial score (nSPS) is 28.1. The zero-order chi connectivity index (χ0) is 13.2. The topological polar surface area (TPSA) is 55.5 Å². The second-order valence-electron chi connectivity index (χ2n) is 5.17. The van der Waals surface area contributed by atoms with E-state index in [9.17, 15) is 9.50 Å². The van der Waals surface area contributed by atoms with E-state index in [0.717, 1.165) is 12.8 Å². The highest BCUT2D eigenvalue weighted by Crippen LogP contribution is 2.32. The van der Waals surface area contributed by atoms with Crippen LogP contribution in [0.2, 0.25) is 0 Å². The lowest BCUT2D eigenvalue weighted by Gasteiger charge is -2.35. The first-order valence-electron chi connectivity index (χ1n) is 6.33. The van der Waals surface area contributed by atoms with Gasteiger partial charge in [-0.2, -0.15) is 0 Å². The molecule has 0 spiro atoms. The van der Waals surface area contributed by atoms with Gasteiger partial charge in [-0.25, -0.2) is 4.39 Å². The third kappa shape index (κ3) is 2.82. The average molecular weight is 253 g/mol. The fourth-order valence-corrected chi connectivity index (χ4v) is 2.56. The predicted octanol–water partition coefficient (Wildman–Crippen LogP) is 2.01. The highest BCUT2D eigenvalue weighted by atomic mass is 19.1. The van der Waals surface area contributed by atoms with E-state index in [1.54, 1.807) is 18.2 Å². The average Bonchev–Trinajstić information content (AvgIpc) is 2.36. The number of hydrogen-bond acceptors (Lipinski definition) is 3. The van der Waals surface area contributed by atoms with Crippen molar-refractivity contribution in [2.45, 2.75) is 43.7 Å². The summed E-state index contributed by atoms with van der Waals surface area (Å²) >= 11 is 0. The van der Waals surface area contributed by atoms with Gasteiger partial charge < -0.3 is 15.6 Å². The molecular weight excluding hydrogens is 233 g/mol. The van der Waals surface area contributed by atoms with Gasteiger partial charge in [0, 0.05) is 12.5 Å². The van der Waals surface area contributed by atoms with Crippen LogP contribution in [0.1, 0.15) is 31.2 Å². The SMILES string of the molecule is COc1cccc(CC2(O)CCC(N)CC2)c1F. The quantitative estimate of drug-likeness (QED) is 0.866. The van der Waals surface area contributed by atoms with Crippen LogP contribution in [-0.2, 0) is 6.42 Å². The molecule has 0 aliphatic heterocycles. The van der Waals surface area contributed by atoms with Crippen LogP contribution in [0.4, 0.5) is 4.39 Å². The first kappa shape index (κ1) is 13.3. The van der Waals surface area contributed by atoms with E-state index in [-0.39, 0.29) is 17.6 Å². The number of hydrogen-bond donors (Lipinski definition) is 2. The van der Waals surface area contributed by atoms with Gasteiger partial charge in [-0.3, -0.25) is 0 Å². The summed E-state index contributed by atoms with van der Waals surface area (Å²) in [7, 11) is 1.44. The highest BCUT2D eigenvalue weighted by molar-refractivity contribution is 5.32. The van der Waals surface area contributed by atoms with E-state index in [1.807, 2.05) is 0 Å². The molecule has 3 N–H and O–H groups in total. The summed E-state index contributed by atoms with van der Waals surface area (Å²) in [6.07, 6.45) is 3.17. The molecule has 1 aliphatic rings. The number of nitrogens with two attached hydrogens (primary N) is 1. The van der Waals surface area contributed by atoms with Crippen molar-refractivity contribution in [3.63, 3.8) is 0 Å². The summed E-state index contributed by atoms with van der Waals surface area (Å²) in [5.41, 5.74) is 5.50. The molecule has 1 aromatic rings. The van der Waals surface area contributed by atoms with Gasteiger partial charge in [-0.15, -0.1) is 0 Å². The smallest absolute Gasteiger partial charge is 0.168 e. The minimum Gasteiger partial charge on any atom is -0.494 e. The Labute approximate surface area is 107 Å². The van der Waals surface area contributed by atoms with Crippen molar-refractivity contribution in [2.75, 3.05) is 7.11 Å². The molecule has 1 aliphatic carbocycles. The molecule has 0 unspecified atom stereocenters. The Morgan fingerprint density at radius 2 is 2.11 bits per heavy atom. The number of ether oxygens (including phenoxy) is 1. The Hall–Kier alpha value is -1.13. The highest BCUT2D eigenvalue weighted by Gasteiger charge is 2.33. The lowest BCUT2D eigenvalue weighted by atomic mass is 9.78. The summed E-state index contributed by atoms with van der Waals surface area (Å²) in [4.78, 5) is 0. The van der Waals surface area contributed by atoms with E-state index in [1.165, 1.54) is 7.11 Å². The second-order valence-corrected chi connectivity index (χ2v) is 5.17. The van der Waals surface area contributed by atoms with Crippen LogP contribution >= 0.6 is 0 Å². The van der Waals surface area contributed by atoms with Crippen LogP contribution in [0.3, 0.4) is 0 Å². The predicted molar refractivity (Wildman–Crippen MR) is 68.0 cm³/mol. The van der Waals surface area contributed by atoms with Gasteiger partial charge in [0.15, 0.2) is 11.6 Å². The van der Waals surface area contributed by atoms with Crippen LogP contribution in [0.25, 0.3) is 0 Å². The molecule has 1 fully saturated rings. The van der Waals surface area contributed by atoms with Gasteiger partial charge in [0.1, 0.15) is 0 Å². The molecule has 0 amide bonds. The third-order valence-corrected chi connectivity index (χ3v) is 3.74. The maximum atomic E-state index is 14.0. The van der Waals surface area contributed by atoms with Crippen LogP contribution in [0.5, 0.6) is 5.75 Å². The van der Waals surface area contributed by atoms with Crippen molar-refractivity contribution in [1.82, 2.24) is 0 Å². The minimum absolute atomic E-state index is 0.167. The van der Waals surface area contributed by atoms with Gasteiger partial charge in [-0.05, 0) is 37.3 Å². The lowest BCUT2D eigenvalue weighted by molar-refractivity contribution is -0.000515. The van der Waals surface area contributed by atoms with Crippen molar-refractivity contribution < 1.29 is 14.2 Å². The maximum Gasteiger partial charge on any atom is 0.168 e. The molecule has 100 valence electrons. The molecule has 18 heavy (non-hydrogen) atoms. The van der Waals surface area contributed by atoms with Crippen LogP contribution < -0.4 is 10.5 Å². The Balaban J connectivity index is 2.14. The molecule has 0 heterocycles. The van der Waals surface area contributed by atoms with Crippen LogP contribution in [-0.4, -0.2) is 23.9 Å². The largest absolute Gasteiger partial charge is 0.494 e. The van der Waals surface area contributed by atoms with E-state index in [0.29, 0.717) is 24.8 Å². The third-order valence-electron chi connectivity index (χ3n) is 3.74. The molecule has 1 aromatic carbocycles. The molecule has 4 heteroatoms. The number of aliphatic hydroxyl groups is 1. The zero-order valence-electron chi connectivity index (χ0n) is 10.7. The van der Waals surface area contributed by atoms with Crippen molar-refractivity contribution in [3.05, 3.63) is 29.6 Å². The standard InChI is InChI=1S/C14H20FNO2/c1-18-12-4-2-3-10(13(12)15)9-14(17)7-5-11(16)6-8-14/h2-4,11,17H,5-9,16H2,1H3. The summed E-state index contributed by atoms with van der Waals surface area (Å²) in [6, 6.07) is 5.19. The van der Waals surface area contributed by atoms with E-state index in [4.69, 9.17) is 10.5 Å². The molecule has 0 radical (unpaired) electrons. The van der Waals surface area contributed by atoms with Gasteiger partial charge in [-0.1, -0.05) is 12.1 Å². The van der Waals surface area contributed by atoms with Gasteiger partial charge in [0.2, 0.25) is 0 Å². The fraction of sp³-hybridized carbons (Fsp3) is 0.571. The Bertz CT molecular complexity index is 414. The monoisotopic (exact) mass is 253 g/mol. The van der Waals surface area contributed by atoms with Crippen LogP contribution in [0.15, 0.2) is 18.2 Å². The molecular formula is C14H20FNO2. The number of benzene rings is 1. The molecule has 3 nitrogen and oxygen atoms in total. The molecule has 0 saturated heterocycles. The fourth-order valence-electron chi connectivity index (χ4n) is 2.56. The minimum atomic E-state index is -0.830. The van der Waals surface area contributed by atoms with E-state index >= 15 is 0 Å². The van der Waals surface area contributed by atoms with Gasteiger partial charge in [0.05, 0.1) is 12.7 Å². The van der Waals surface area contributed by atoms with Crippen LogP contribution in [0, 0.1) is 5.82 Å². The van der Waals surface area contributed by atoms with Crippen molar-refractivity contribution >= 4 is 0 Å². The molecule has 1 saturated carbocycles. The number of rotatable bonds is 3. The molecule has 0 aromatic heterocycles. The van der Waals surface area contributed by atoms with E-state index < -0.39 is 5.60 Å². The van der Waals surface area contributed by atoms with Gasteiger partial charge >= 0.3 is 0 Å². The summed E-state index contributed by atoms with van der Waals surface area (Å²) in [5, 5.41) is 10.5. The summed E-state index contributed by atoms with van der Waals surface area (Å²) in [5.74, 6) is -0.146. The van der Waals surface area contributed by atoms with Crippen molar-refractivity contribution in [2.24, 2.45) is 5.73 Å². The lowest BCUT2D eigenvalue weighted by Crippen LogP contribution is -2.40. The van der Waals surface area contributed by atoms with Crippen molar-refractivity contribution in [3.8, 4) is 5.75 Å². The molecule has 0 atom stereocenters. The maximum absolute atomic E-state index is 14.0. The summed E-state index contributed by atoms with van der Waals surface area (Å²) in [6.45, 7) is 0. The summed E-state index contributed by atoms with van der Waals surface area (Å²) < 4.78 is 19.0. The Kier molecular flexibility index (Phi) is 3.88. The Morgan fingerprint density at radius 3 is 2.72 bits per heavy atom. The number of methoxy groups -OCH3 is 1. The van der Waals surface area contributed by atoms with E-state index in [2.05, 4.69) is 0 Å². The zero-order valence-corrected chi connectivity index (χ0v) is 10.7. The first-order chi connectivity index (χ1) is 8.54. The molecule has 2 rings (SSSR count). The van der Waals surface area contributed by atoms with Crippen molar-refractivity contribution in [1.29, 1.82) is 0 Å². The Morgan fingerprint density at radius 1 is 1.44 bits per heavy atom. The molecule has 0 bridgehead atoms. The second kappa shape index (κ2) is 5.24.